The molecule has 0 spiro atoms. The van der Waals surface area contributed by atoms with Crippen molar-refractivity contribution in [2.24, 2.45) is 7.05 Å². The number of hydrogen-bond acceptors (Lipinski definition) is 4. The lowest BCUT2D eigenvalue weighted by atomic mass is 10.2. The van der Waals surface area contributed by atoms with Crippen LogP contribution in [0.25, 0.3) is 11.4 Å². The molecule has 0 bridgehead atoms. The molecule has 0 radical (unpaired) electrons. The van der Waals surface area contributed by atoms with Gasteiger partial charge in [0.15, 0.2) is 11.0 Å². The summed E-state index contributed by atoms with van der Waals surface area (Å²) >= 11 is 7.33. The Hall–Kier alpha value is -3.09. The summed E-state index contributed by atoms with van der Waals surface area (Å²) in [4.78, 5) is 14.9. The maximum Gasteiger partial charge on any atom is 0.242 e. The monoisotopic (exact) mass is 434 g/mol. The van der Waals surface area contributed by atoms with Gasteiger partial charge < -0.3 is 4.57 Å². The van der Waals surface area contributed by atoms with Gasteiger partial charge in [-0.3, -0.25) is 9.69 Å². The van der Waals surface area contributed by atoms with E-state index in [4.69, 9.17) is 11.6 Å². The number of carbonyl (C=O) groups excluding carboxylic acids is 1. The minimum Gasteiger partial charge on any atom is -0.305 e. The molecule has 1 aromatic heterocycles. The number of halogens is 1. The lowest BCUT2D eigenvalue weighted by Crippen LogP contribution is -2.27. The first kappa shape index (κ1) is 20.2. The Morgan fingerprint density at radius 1 is 0.900 bits per heavy atom. The maximum atomic E-state index is 13.2. The number of carbonyl (C=O) groups is 1. The van der Waals surface area contributed by atoms with E-state index in [-0.39, 0.29) is 11.7 Å². The highest BCUT2D eigenvalue weighted by atomic mass is 35.5. The van der Waals surface area contributed by atoms with Crippen LogP contribution in [0, 0.1) is 0 Å². The van der Waals surface area contributed by atoms with Crippen LogP contribution in [0.15, 0.2) is 90.1 Å². The van der Waals surface area contributed by atoms with Crippen LogP contribution < -0.4 is 4.90 Å². The molecule has 0 aliphatic heterocycles. The molecule has 7 heteroatoms. The van der Waals surface area contributed by atoms with Crippen LogP contribution in [-0.2, 0) is 11.8 Å². The Labute approximate surface area is 184 Å². The maximum absolute atomic E-state index is 13.2. The Kier molecular flexibility index (Phi) is 6.16. The minimum atomic E-state index is -0.0338. The van der Waals surface area contributed by atoms with Crippen molar-refractivity contribution >= 4 is 40.6 Å². The number of benzene rings is 3. The first-order valence-electron chi connectivity index (χ1n) is 9.34. The average Bonchev–Trinajstić information content (AvgIpc) is 3.15. The highest BCUT2D eigenvalue weighted by Crippen LogP contribution is 2.28. The van der Waals surface area contributed by atoms with Gasteiger partial charge in [-0.1, -0.05) is 59.8 Å². The number of hydrogen-bond donors (Lipinski definition) is 0. The van der Waals surface area contributed by atoms with Crippen molar-refractivity contribution in [3.05, 3.63) is 90.0 Å². The number of aromatic nitrogens is 3. The highest BCUT2D eigenvalue weighted by Gasteiger charge is 2.20. The van der Waals surface area contributed by atoms with E-state index in [1.165, 1.54) is 11.8 Å². The van der Waals surface area contributed by atoms with E-state index in [1.807, 2.05) is 96.5 Å². The lowest BCUT2D eigenvalue weighted by Gasteiger charge is -2.22. The molecule has 0 N–H and O–H groups in total. The van der Waals surface area contributed by atoms with Gasteiger partial charge in [0.25, 0.3) is 0 Å². The fraction of sp³-hybridized carbons (Fsp3) is 0.0870. The summed E-state index contributed by atoms with van der Waals surface area (Å²) in [7, 11) is 1.89. The van der Waals surface area contributed by atoms with Crippen LogP contribution in [0.2, 0.25) is 5.02 Å². The number of rotatable bonds is 6. The predicted molar refractivity (Wildman–Crippen MR) is 122 cm³/mol. The third kappa shape index (κ3) is 4.40. The molecule has 0 saturated heterocycles. The van der Waals surface area contributed by atoms with Gasteiger partial charge in [-0.2, -0.15) is 0 Å². The number of amides is 1. The van der Waals surface area contributed by atoms with Gasteiger partial charge in [-0.05, 0) is 48.5 Å². The Morgan fingerprint density at radius 2 is 1.47 bits per heavy atom. The third-order valence-electron chi connectivity index (χ3n) is 4.54. The van der Waals surface area contributed by atoms with Gasteiger partial charge in [0.05, 0.1) is 5.75 Å². The molecule has 0 unspecified atom stereocenters. The SMILES string of the molecule is Cn1c(SCC(=O)N(c2ccccc2)c2ccccc2)nnc1-c1ccc(Cl)cc1. The first-order valence-corrected chi connectivity index (χ1v) is 10.7. The van der Waals surface area contributed by atoms with Gasteiger partial charge >= 0.3 is 0 Å². The standard InChI is InChI=1S/C23H19ClN4OS/c1-27-22(17-12-14-18(24)15-13-17)25-26-23(27)30-16-21(29)28(19-8-4-2-5-9-19)20-10-6-3-7-11-20/h2-15H,16H2,1H3. The molecule has 0 aliphatic rings. The second-order valence-electron chi connectivity index (χ2n) is 6.56. The van der Waals surface area contributed by atoms with E-state index < -0.39 is 0 Å². The second kappa shape index (κ2) is 9.15. The molecule has 4 aromatic rings. The topological polar surface area (TPSA) is 51.0 Å². The van der Waals surface area contributed by atoms with Crippen LogP contribution in [-0.4, -0.2) is 26.4 Å². The molecule has 5 nitrogen and oxygen atoms in total. The molecule has 0 aliphatic carbocycles. The van der Waals surface area contributed by atoms with Gasteiger partial charge in [-0.25, -0.2) is 0 Å². The molecule has 150 valence electrons. The van der Waals surface area contributed by atoms with E-state index in [1.54, 1.807) is 4.90 Å². The van der Waals surface area contributed by atoms with Crippen molar-refractivity contribution in [3.8, 4) is 11.4 Å². The molecule has 1 amide bonds. The van der Waals surface area contributed by atoms with Crippen molar-refractivity contribution in [3.63, 3.8) is 0 Å². The summed E-state index contributed by atoms with van der Waals surface area (Å²) < 4.78 is 1.89. The van der Waals surface area contributed by atoms with E-state index in [0.717, 1.165) is 22.8 Å². The quantitative estimate of drug-likeness (QED) is 0.371. The van der Waals surface area contributed by atoms with Crippen LogP contribution in [0.1, 0.15) is 0 Å². The van der Waals surface area contributed by atoms with E-state index in [2.05, 4.69) is 10.2 Å². The Bertz CT molecular complexity index is 1090. The van der Waals surface area contributed by atoms with E-state index in [0.29, 0.717) is 10.2 Å². The van der Waals surface area contributed by atoms with Crippen molar-refractivity contribution < 1.29 is 4.79 Å². The number of para-hydroxylation sites is 2. The van der Waals surface area contributed by atoms with Gasteiger partial charge in [0.1, 0.15) is 0 Å². The van der Waals surface area contributed by atoms with Crippen LogP contribution >= 0.6 is 23.4 Å². The fourth-order valence-corrected chi connectivity index (χ4v) is 3.96. The summed E-state index contributed by atoms with van der Waals surface area (Å²) in [5, 5.41) is 9.89. The number of thioether (sulfide) groups is 1. The molecular weight excluding hydrogens is 416 g/mol. The third-order valence-corrected chi connectivity index (χ3v) is 5.80. The Morgan fingerprint density at radius 3 is 2.03 bits per heavy atom. The van der Waals surface area contributed by atoms with Gasteiger partial charge in [0, 0.05) is 29.0 Å². The largest absolute Gasteiger partial charge is 0.305 e. The molecule has 3 aromatic carbocycles. The number of nitrogens with zero attached hydrogens (tertiary/aromatic N) is 4. The fourth-order valence-electron chi connectivity index (χ4n) is 3.07. The second-order valence-corrected chi connectivity index (χ2v) is 7.94. The summed E-state index contributed by atoms with van der Waals surface area (Å²) in [6.07, 6.45) is 0. The zero-order valence-corrected chi connectivity index (χ0v) is 17.8. The summed E-state index contributed by atoms with van der Waals surface area (Å²) in [5.74, 6) is 0.925. The van der Waals surface area contributed by atoms with E-state index >= 15 is 0 Å². The molecule has 0 saturated carbocycles. The summed E-state index contributed by atoms with van der Waals surface area (Å²) in [5.41, 5.74) is 2.58. The summed E-state index contributed by atoms with van der Waals surface area (Å²) in [6.45, 7) is 0. The lowest BCUT2D eigenvalue weighted by molar-refractivity contribution is -0.115. The predicted octanol–water partition coefficient (Wildman–Crippen LogP) is 5.59. The molecule has 4 rings (SSSR count). The zero-order valence-electron chi connectivity index (χ0n) is 16.3. The van der Waals surface area contributed by atoms with Gasteiger partial charge in [0.2, 0.25) is 5.91 Å². The van der Waals surface area contributed by atoms with Gasteiger partial charge in [-0.15, -0.1) is 10.2 Å². The van der Waals surface area contributed by atoms with Crippen LogP contribution in [0.4, 0.5) is 11.4 Å². The molecule has 0 fully saturated rings. The van der Waals surface area contributed by atoms with Crippen LogP contribution in [0.3, 0.4) is 0 Å². The highest BCUT2D eigenvalue weighted by molar-refractivity contribution is 7.99. The van der Waals surface area contributed by atoms with Crippen molar-refractivity contribution in [2.75, 3.05) is 10.7 Å². The smallest absolute Gasteiger partial charge is 0.242 e. The number of anilines is 2. The normalized spacial score (nSPS) is 10.7. The molecule has 0 atom stereocenters. The van der Waals surface area contributed by atoms with Crippen molar-refractivity contribution in [1.29, 1.82) is 0 Å². The van der Waals surface area contributed by atoms with E-state index in [9.17, 15) is 4.79 Å². The Balaban J connectivity index is 1.54. The first-order chi connectivity index (χ1) is 14.6. The molecular formula is C23H19ClN4OS. The van der Waals surface area contributed by atoms with Crippen molar-refractivity contribution in [1.82, 2.24) is 14.8 Å². The molecule has 30 heavy (non-hydrogen) atoms. The molecule has 1 heterocycles. The van der Waals surface area contributed by atoms with Crippen molar-refractivity contribution in [2.45, 2.75) is 5.16 Å². The average molecular weight is 435 g/mol. The zero-order chi connectivity index (χ0) is 20.9. The summed E-state index contributed by atoms with van der Waals surface area (Å²) in [6, 6.07) is 26.7. The minimum absolute atomic E-state index is 0.0338. The van der Waals surface area contributed by atoms with Crippen LogP contribution in [0.5, 0.6) is 0 Å².